The van der Waals surface area contributed by atoms with E-state index in [-0.39, 0.29) is 5.91 Å². The van der Waals surface area contributed by atoms with Gasteiger partial charge in [0.2, 0.25) is 5.91 Å². The van der Waals surface area contributed by atoms with Crippen LogP contribution in [-0.4, -0.2) is 10.9 Å². The topological polar surface area (TPSA) is 42.0 Å². The molecule has 1 rings (SSSR count). The Labute approximate surface area is 71.8 Å². The number of carbonyl (C=O) groups excluding carboxylic acids is 1. The van der Waals surface area contributed by atoms with E-state index in [2.05, 4.69) is 10.3 Å². The average molecular weight is 164 g/mol. The molecule has 0 unspecified atom stereocenters. The summed E-state index contributed by atoms with van der Waals surface area (Å²) in [6.07, 6.45) is 1.73. The molecule has 0 atom stereocenters. The highest BCUT2D eigenvalue weighted by Crippen LogP contribution is 2.16. The van der Waals surface area contributed by atoms with Gasteiger partial charge in [-0.3, -0.25) is 9.78 Å². The zero-order valence-corrected chi connectivity index (χ0v) is 7.51. The fraction of sp³-hybridized carbons (Fsp3) is 0.333. The van der Waals surface area contributed by atoms with Crippen molar-refractivity contribution < 1.29 is 4.79 Å². The van der Waals surface area contributed by atoms with Gasteiger partial charge in [-0.05, 0) is 25.5 Å². The highest BCUT2D eigenvalue weighted by Gasteiger charge is 2.03. The van der Waals surface area contributed by atoms with Gasteiger partial charge in [-0.2, -0.15) is 0 Å². The van der Waals surface area contributed by atoms with E-state index in [1.54, 1.807) is 6.20 Å². The molecule has 64 valence electrons. The first kappa shape index (κ1) is 8.71. The van der Waals surface area contributed by atoms with Crippen LogP contribution in [-0.2, 0) is 4.79 Å². The van der Waals surface area contributed by atoms with Gasteiger partial charge in [-0.1, -0.05) is 0 Å². The van der Waals surface area contributed by atoms with E-state index in [1.807, 2.05) is 19.9 Å². The number of hydrogen-bond acceptors (Lipinski definition) is 2. The fourth-order valence-electron chi connectivity index (χ4n) is 1.06. The van der Waals surface area contributed by atoms with Crippen molar-refractivity contribution in [3.63, 3.8) is 0 Å². The van der Waals surface area contributed by atoms with Crippen LogP contribution in [0.3, 0.4) is 0 Å². The zero-order valence-electron chi connectivity index (χ0n) is 7.51. The molecular weight excluding hydrogens is 152 g/mol. The van der Waals surface area contributed by atoms with Gasteiger partial charge < -0.3 is 5.32 Å². The molecule has 1 amide bonds. The summed E-state index contributed by atoms with van der Waals surface area (Å²) in [4.78, 5) is 14.9. The van der Waals surface area contributed by atoms with E-state index in [0.717, 1.165) is 16.9 Å². The van der Waals surface area contributed by atoms with Crippen molar-refractivity contribution in [3.8, 4) is 0 Å². The maximum Gasteiger partial charge on any atom is 0.221 e. The smallest absolute Gasteiger partial charge is 0.221 e. The standard InChI is InChI=1S/C9H12N2O/c1-6-4-5-10-7(2)9(6)11-8(3)12/h4-5H,1-3H3,(H,11,12). The fourth-order valence-corrected chi connectivity index (χ4v) is 1.06. The van der Waals surface area contributed by atoms with Crippen LogP contribution in [0.4, 0.5) is 5.69 Å². The van der Waals surface area contributed by atoms with Crippen LogP contribution in [0.5, 0.6) is 0 Å². The molecule has 0 aliphatic carbocycles. The number of pyridine rings is 1. The molecule has 1 aromatic rings. The molecule has 12 heavy (non-hydrogen) atoms. The molecule has 3 heteroatoms. The van der Waals surface area contributed by atoms with E-state index in [4.69, 9.17) is 0 Å². The van der Waals surface area contributed by atoms with E-state index in [9.17, 15) is 4.79 Å². The predicted molar refractivity (Wildman–Crippen MR) is 48.0 cm³/mol. The summed E-state index contributed by atoms with van der Waals surface area (Å²) in [5.41, 5.74) is 2.72. The molecule has 0 fully saturated rings. The van der Waals surface area contributed by atoms with Crippen molar-refractivity contribution >= 4 is 11.6 Å². The maximum atomic E-state index is 10.8. The van der Waals surface area contributed by atoms with Crippen molar-refractivity contribution in [2.24, 2.45) is 0 Å². The molecule has 0 bridgehead atoms. The number of nitrogens with zero attached hydrogens (tertiary/aromatic N) is 1. The van der Waals surface area contributed by atoms with Gasteiger partial charge in [0, 0.05) is 13.1 Å². The summed E-state index contributed by atoms with van der Waals surface area (Å²) >= 11 is 0. The average Bonchev–Trinajstić information content (AvgIpc) is 1.97. The second-order valence-corrected chi connectivity index (χ2v) is 2.77. The first-order valence-electron chi connectivity index (χ1n) is 3.81. The zero-order chi connectivity index (χ0) is 9.14. The van der Waals surface area contributed by atoms with E-state index >= 15 is 0 Å². The van der Waals surface area contributed by atoms with E-state index < -0.39 is 0 Å². The van der Waals surface area contributed by atoms with Crippen LogP contribution >= 0.6 is 0 Å². The van der Waals surface area contributed by atoms with Crippen LogP contribution in [0.1, 0.15) is 18.2 Å². The predicted octanol–water partition coefficient (Wildman–Crippen LogP) is 1.66. The van der Waals surface area contributed by atoms with Crippen LogP contribution < -0.4 is 5.32 Å². The molecule has 1 heterocycles. The highest BCUT2D eigenvalue weighted by molar-refractivity contribution is 5.90. The lowest BCUT2D eigenvalue weighted by Gasteiger charge is -2.07. The largest absolute Gasteiger partial charge is 0.325 e. The molecule has 0 saturated heterocycles. The Hall–Kier alpha value is -1.38. The third kappa shape index (κ3) is 1.81. The first-order chi connectivity index (χ1) is 5.61. The molecule has 0 aliphatic rings. The molecule has 0 aromatic carbocycles. The normalized spacial score (nSPS) is 9.58. The Morgan fingerprint density at radius 2 is 2.17 bits per heavy atom. The van der Waals surface area contributed by atoms with E-state index in [0.29, 0.717) is 0 Å². The van der Waals surface area contributed by atoms with Crippen molar-refractivity contribution in [2.75, 3.05) is 5.32 Å². The molecule has 0 saturated carbocycles. The van der Waals surface area contributed by atoms with Gasteiger partial charge in [-0.15, -0.1) is 0 Å². The number of hydrogen-bond donors (Lipinski definition) is 1. The summed E-state index contributed by atoms with van der Waals surface area (Å²) in [5.74, 6) is -0.0609. The van der Waals surface area contributed by atoms with E-state index in [1.165, 1.54) is 6.92 Å². The van der Waals surface area contributed by atoms with Crippen LogP contribution in [0, 0.1) is 13.8 Å². The second-order valence-electron chi connectivity index (χ2n) is 2.77. The van der Waals surface area contributed by atoms with Gasteiger partial charge in [0.25, 0.3) is 0 Å². The second kappa shape index (κ2) is 3.34. The number of nitrogens with one attached hydrogen (secondary N) is 1. The maximum absolute atomic E-state index is 10.8. The Morgan fingerprint density at radius 3 is 2.67 bits per heavy atom. The van der Waals surface area contributed by atoms with Gasteiger partial charge in [-0.25, -0.2) is 0 Å². The summed E-state index contributed by atoms with van der Waals surface area (Å²) in [7, 11) is 0. The first-order valence-corrected chi connectivity index (χ1v) is 3.81. The minimum atomic E-state index is -0.0609. The molecule has 0 aliphatic heterocycles. The minimum absolute atomic E-state index is 0.0609. The third-order valence-corrected chi connectivity index (χ3v) is 1.65. The molecule has 0 radical (unpaired) electrons. The number of aryl methyl sites for hydroxylation is 2. The lowest BCUT2D eigenvalue weighted by Crippen LogP contribution is -2.09. The molecule has 1 N–H and O–H groups in total. The van der Waals surface area contributed by atoms with Crippen molar-refractivity contribution in [1.82, 2.24) is 4.98 Å². The number of aromatic nitrogens is 1. The third-order valence-electron chi connectivity index (χ3n) is 1.65. The molecule has 0 spiro atoms. The van der Waals surface area contributed by atoms with Gasteiger partial charge in [0.15, 0.2) is 0 Å². The SMILES string of the molecule is CC(=O)Nc1c(C)ccnc1C. The lowest BCUT2D eigenvalue weighted by atomic mass is 10.2. The molecule has 1 aromatic heterocycles. The number of anilines is 1. The summed E-state index contributed by atoms with van der Waals surface area (Å²) < 4.78 is 0. The van der Waals surface area contributed by atoms with Gasteiger partial charge in [0.05, 0.1) is 11.4 Å². The Balaban J connectivity index is 3.04. The summed E-state index contributed by atoms with van der Waals surface area (Å²) in [6.45, 7) is 5.31. The molecule has 3 nitrogen and oxygen atoms in total. The summed E-state index contributed by atoms with van der Waals surface area (Å²) in [6, 6.07) is 1.87. The Bertz CT molecular complexity index is 287. The van der Waals surface area contributed by atoms with Gasteiger partial charge >= 0.3 is 0 Å². The van der Waals surface area contributed by atoms with Crippen LogP contribution in [0.15, 0.2) is 12.3 Å². The highest BCUT2D eigenvalue weighted by atomic mass is 16.1. The van der Waals surface area contributed by atoms with Crippen LogP contribution in [0.25, 0.3) is 0 Å². The van der Waals surface area contributed by atoms with Crippen molar-refractivity contribution in [1.29, 1.82) is 0 Å². The van der Waals surface area contributed by atoms with Crippen molar-refractivity contribution in [2.45, 2.75) is 20.8 Å². The lowest BCUT2D eigenvalue weighted by molar-refractivity contribution is -0.114. The molecular formula is C9H12N2O. The number of amides is 1. The monoisotopic (exact) mass is 164 g/mol. The summed E-state index contributed by atoms with van der Waals surface area (Å²) in [5, 5.41) is 2.74. The van der Waals surface area contributed by atoms with Crippen LogP contribution in [0.2, 0.25) is 0 Å². The van der Waals surface area contributed by atoms with Crippen molar-refractivity contribution in [3.05, 3.63) is 23.5 Å². The Kier molecular flexibility index (Phi) is 2.43. The number of rotatable bonds is 1. The Morgan fingerprint density at radius 1 is 1.50 bits per heavy atom. The number of carbonyl (C=O) groups is 1. The minimum Gasteiger partial charge on any atom is -0.325 e. The van der Waals surface area contributed by atoms with Gasteiger partial charge in [0.1, 0.15) is 0 Å². The quantitative estimate of drug-likeness (QED) is 0.685.